The molecule has 5 N–H and O–H groups in total. The Kier molecular flexibility index (Phi) is 13.5. The number of nitrogens with two attached hydrogens (primary N) is 2. The van der Waals surface area contributed by atoms with Gasteiger partial charge in [-0.05, 0) is 54.4 Å². The molecule has 2 aromatic carbocycles. The number of pyridine rings is 2. The van der Waals surface area contributed by atoms with Gasteiger partial charge in [0, 0.05) is 35.6 Å². The highest BCUT2D eigenvalue weighted by Gasteiger charge is 2.19. The molecule has 0 bridgehead atoms. The lowest BCUT2D eigenvalue weighted by Gasteiger charge is -2.08. The number of esters is 1. The molecule has 4 heterocycles. The van der Waals surface area contributed by atoms with Crippen molar-refractivity contribution >= 4 is 68.8 Å². The quantitative estimate of drug-likeness (QED) is 0.157. The van der Waals surface area contributed by atoms with Crippen molar-refractivity contribution < 1.29 is 29.0 Å². The molecule has 276 valence electrons. The molecule has 0 aliphatic carbocycles. The summed E-state index contributed by atoms with van der Waals surface area (Å²) >= 11 is 11.9. The predicted octanol–water partition coefficient (Wildman–Crippen LogP) is 5.35. The number of carbonyl (C=O) groups excluding carboxylic acids is 3. The van der Waals surface area contributed by atoms with Crippen LogP contribution in [0.1, 0.15) is 85.7 Å². The maximum atomic E-state index is 11.9. The van der Waals surface area contributed by atoms with Crippen molar-refractivity contribution in [2.45, 2.75) is 34.9 Å². The molecular weight excluding hydrogens is 739 g/mol. The van der Waals surface area contributed by atoms with Crippen LogP contribution in [0.25, 0.3) is 21.8 Å². The molecule has 0 radical (unpaired) electrons. The lowest BCUT2D eigenvalue weighted by molar-refractivity contribution is 0.0525. The number of hydrogen-bond acceptors (Lipinski definition) is 11. The largest absolute Gasteiger partial charge is 0.478 e. The van der Waals surface area contributed by atoms with Crippen molar-refractivity contribution in [2.75, 3.05) is 6.61 Å². The molecule has 0 atom stereocenters. The van der Waals surface area contributed by atoms with Crippen molar-refractivity contribution in [1.82, 2.24) is 29.5 Å². The maximum absolute atomic E-state index is 11.9. The molecule has 0 aliphatic rings. The standard InChI is InChI=1S/C18H14ClN5O3.C16H10ClN5O3.2CH4/c1-2-27-18(26)14-9-24(23-15(14)6-20)8-10-3-11-5-12(19)7-22-16(11)13(4-10)17(21)25;17-10-3-9-1-8(2-11(15(19)23)14(9)20-5-10)6-22-7-12(16(24)25)13(4-18)21-22;;/h3-5,7,9H,2,8H2,1H3,(H2,21,25);1-3,5,7H,6H2,(H2,19,23)(H,24,25);2*1H4. The van der Waals surface area contributed by atoms with Crippen LogP contribution < -0.4 is 11.5 Å². The highest BCUT2D eigenvalue weighted by atomic mass is 35.5. The van der Waals surface area contributed by atoms with E-state index < -0.39 is 23.8 Å². The fraction of sp³-hybridized carbons (Fsp3) is 0.167. The van der Waals surface area contributed by atoms with Crippen LogP contribution in [0, 0.1) is 22.7 Å². The fourth-order valence-electron chi connectivity index (χ4n) is 5.19. The van der Waals surface area contributed by atoms with Crippen LogP contribution in [0.2, 0.25) is 10.0 Å². The van der Waals surface area contributed by atoms with Gasteiger partial charge in [-0.15, -0.1) is 0 Å². The number of carboxylic acid groups (broad SMARTS) is 1. The average molecular weight is 772 g/mol. The molecule has 0 aliphatic heterocycles. The molecule has 54 heavy (non-hydrogen) atoms. The van der Waals surface area contributed by atoms with E-state index in [-0.39, 0.29) is 68.2 Å². The first kappa shape index (κ1) is 41.5. The Bertz CT molecular complexity index is 2520. The van der Waals surface area contributed by atoms with Gasteiger partial charge in [-0.25, -0.2) is 9.59 Å². The number of amides is 2. The van der Waals surface area contributed by atoms with Gasteiger partial charge in [0.15, 0.2) is 11.4 Å². The second-order valence-electron chi connectivity index (χ2n) is 10.9. The SMILES string of the molecule is C.C.CCOC(=O)c1cn(Cc2cc(C(N)=O)c3ncc(Cl)cc3c2)nc1C#N.N#Cc1nn(Cc2cc(C(N)=O)c3ncc(Cl)cc3c2)cc1C(=O)O. The molecule has 6 aromatic rings. The van der Waals surface area contributed by atoms with E-state index in [2.05, 4.69) is 20.2 Å². The number of halogens is 2. The van der Waals surface area contributed by atoms with Crippen LogP contribution in [-0.4, -0.2) is 65.0 Å². The Balaban J connectivity index is 0.000000281. The van der Waals surface area contributed by atoms with Crippen LogP contribution in [0.5, 0.6) is 0 Å². The average Bonchev–Trinajstić information content (AvgIpc) is 3.71. The van der Waals surface area contributed by atoms with Crippen molar-refractivity contribution in [3.8, 4) is 12.1 Å². The summed E-state index contributed by atoms with van der Waals surface area (Å²) in [5.41, 5.74) is 13.2. The molecule has 0 saturated carbocycles. The number of nitrogens with zero attached hydrogens (tertiary/aromatic N) is 8. The lowest BCUT2D eigenvalue weighted by atomic mass is 10.0. The van der Waals surface area contributed by atoms with Gasteiger partial charge in [-0.3, -0.25) is 28.9 Å². The molecule has 2 amide bonds. The predicted molar refractivity (Wildman–Crippen MR) is 199 cm³/mol. The first-order chi connectivity index (χ1) is 24.8. The number of rotatable bonds is 9. The maximum Gasteiger partial charge on any atom is 0.342 e. The highest BCUT2D eigenvalue weighted by molar-refractivity contribution is 6.31. The summed E-state index contributed by atoms with van der Waals surface area (Å²) < 4.78 is 7.66. The molecule has 0 unspecified atom stereocenters. The Hall–Kier alpha value is -6.88. The fourth-order valence-corrected chi connectivity index (χ4v) is 5.52. The molecule has 4 aromatic heterocycles. The summed E-state index contributed by atoms with van der Waals surface area (Å²) in [7, 11) is 0. The number of carboxylic acids is 1. The second-order valence-corrected chi connectivity index (χ2v) is 11.8. The molecule has 0 fully saturated rings. The summed E-state index contributed by atoms with van der Waals surface area (Å²) in [5, 5.41) is 37.3. The van der Waals surface area contributed by atoms with Gasteiger partial charge in [0.05, 0.1) is 51.9 Å². The van der Waals surface area contributed by atoms with Crippen LogP contribution in [0.15, 0.2) is 61.2 Å². The number of primary amides is 2. The zero-order valence-electron chi connectivity index (χ0n) is 26.9. The highest BCUT2D eigenvalue weighted by Crippen LogP contribution is 2.25. The van der Waals surface area contributed by atoms with Crippen molar-refractivity contribution in [1.29, 1.82) is 10.5 Å². The molecule has 0 saturated heterocycles. The minimum atomic E-state index is -1.24. The number of aromatic carboxylic acids is 1. The normalized spacial score (nSPS) is 10.2. The molecular formula is C36H32Cl2N10O6. The monoisotopic (exact) mass is 770 g/mol. The van der Waals surface area contributed by atoms with Crippen LogP contribution in [0.3, 0.4) is 0 Å². The number of benzene rings is 2. The van der Waals surface area contributed by atoms with Gasteiger partial charge in [0.2, 0.25) is 0 Å². The smallest absolute Gasteiger partial charge is 0.342 e. The molecule has 0 spiro atoms. The first-order valence-corrected chi connectivity index (χ1v) is 15.7. The zero-order chi connectivity index (χ0) is 37.7. The number of aromatic nitrogens is 6. The Morgan fingerprint density at radius 1 is 0.741 bits per heavy atom. The van der Waals surface area contributed by atoms with E-state index in [0.717, 1.165) is 0 Å². The van der Waals surface area contributed by atoms with Gasteiger partial charge in [-0.2, -0.15) is 20.7 Å². The molecule has 16 nitrogen and oxygen atoms in total. The van der Waals surface area contributed by atoms with Crippen LogP contribution in [0.4, 0.5) is 0 Å². The van der Waals surface area contributed by atoms with Gasteiger partial charge >= 0.3 is 11.9 Å². The van der Waals surface area contributed by atoms with E-state index in [1.165, 1.54) is 34.2 Å². The molecule has 6 rings (SSSR count). The van der Waals surface area contributed by atoms with Gasteiger partial charge in [0.1, 0.15) is 23.3 Å². The van der Waals surface area contributed by atoms with E-state index in [1.807, 2.05) is 6.07 Å². The minimum Gasteiger partial charge on any atom is -0.478 e. The van der Waals surface area contributed by atoms with Crippen molar-refractivity contribution in [3.63, 3.8) is 0 Å². The Labute approximate surface area is 318 Å². The summed E-state index contributed by atoms with van der Waals surface area (Å²) in [5.74, 6) is -3.13. The van der Waals surface area contributed by atoms with Gasteiger partial charge < -0.3 is 21.3 Å². The first-order valence-electron chi connectivity index (χ1n) is 14.9. The van der Waals surface area contributed by atoms with Crippen LogP contribution >= 0.6 is 23.2 Å². The van der Waals surface area contributed by atoms with Crippen molar-refractivity contribution in [2.24, 2.45) is 11.5 Å². The summed E-state index contributed by atoms with van der Waals surface area (Å²) in [6, 6.07) is 13.6. The van der Waals surface area contributed by atoms with E-state index >= 15 is 0 Å². The number of fused-ring (bicyclic) bond motifs is 2. The Morgan fingerprint density at radius 2 is 1.17 bits per heavy atom. The van der Waals surface area contributed by atoms with Crippen molar-refractivity contribution in [3.05, 3.63) is 116 Å². The van der Waals surface area contributed by atoms with E-state index in [4.69, 9.17) is 49.8 Å². The summed E-state index contributed by atoms with van der Waals surface area (Å²) in [4.78, 5) is 54.8. The van der Waals surface area contributed by atoms with E-state index in [1.54, 1.807) is 49.4 Å². The topological polar surface area (TPSA) is 259 Å². The lowest BCUT2D eigenvalue weighted by Crippen LogP contribution is -2.13. The number of carbonyl (C=O) groups is 4. The number of ether oxygens (including phenoxy) is 1. The van der Waals surface area contributed by atoms with Gasteiger partial charge in [-0.1, -0.05) is 38.1 Å². The summed E-state index contributed by atoms with van der Waals surface area (Å²) in [6.45, 7) is 2.21. The summed E-state index contributed by atoms with van der Waals surface area (Å²) in [6.07, 6.45) is 5.54. The molecule has 18 heteroatoms. The third-order valence-electron chi connectivity index (χ3n) is 7.30. The minimum absolute atomic E-state index is 0. The third kappa shape index (κ3) is 9.12. The second kappa shape index (κ2) is 17.6. The van der Waals surface area contributed by atoms with Crippen LogP contribution in [-0.2, 0) is 17.8 Å². The third-order valence-corrected chi connectivity index (χ3v) is 7.71. The van der Waals surface area contributed by atoms with E-state index in [0.29, 0.717) is 43.0 Å². The zero-order valence-corrected chi connectivity index (χ0v) is 28.4. The Morgan fingerprint density at radius 3 is 1.54 bits per heavy atom. The number of nitriles is 2. The number of hydrogen-bond donors (Lipinski definition) is 3. The van der Waals surface area contributed by atoms with E-state index in [9.17, 15) is 24.4 Å². The van der Waals surface area contributed by atoms with Gasteiger partial charge in [0.25, 0.3) is 11.8 Å².